The molecule has 2 heterocycles. The molecule has 5 rings (SSSR count). The molecule has 0 spiro atoms. The summed E-state index contributed by atoms with van der Waals surface area (Å²) in [6.45, 7) is 3.08. The number of benzene rings is 3. The van der Waals surface area contributed by atoms with E-state index in [1.807, 2.05) is 73.7 Å². The molecule has 8 heteroatoms. The number of carbonyl (C=O) groups excluding carboxylic acids is 1. The van der Waals surface area contributed by atoms with Crippen molar-refractivity contribution in [2.45, 2.75) is 44.5 Å². The monoisotopic (exact) mass is 525 g/mol. The smallest absolute Gasteiger partial charge is 0.351 e. The van der Waals surface area contributed by atoms with E-state index in [1.54, 1.807) is 36.5 Å². The van der Waals surface area contributed by atoms with Gasteiger partial charge in [-0.25, -0.2) is 4.79 Å². The number of anilines is 1. The zero-order valence-electron chi connectivity index (χ0n) is 21.7. The van der Waals surface area contributed by atoms with E-state index in [0.29, 0.717) is 25.2 Å². The summed E-state index contributed by atoms with van der Waals surface area (Å²) in [7, 11) is 0. The fourth-order valence-corrected chi connectivity index (χ4v) is 4.61. The summed E-state index contributed by atoms with van der Waals surface area (Å²) in [6.07, 6.45) is 1.10. The first kappa shape index (κ1) is 26.5. The van der Waals surface area contributed by atoms with Crippen molar-refractivity contribution in [1.29, 1.82) is 0 Å². The molecule has 3 aromatic carbocycles. The molecular formula is C31H31N3O5. The largest absolute Gasteiger partial charge is 0.374 e. The molecule has 0 saturated carbocycles. The minimum Gasteiger partial charge on any atom is -0.374 e. The molecule has 0 bridgehead atoms. The topological polar surface area (TPSA) is 91.7 Å². The molecule has 0 aliphatic carbocycles. The Morgan fingerprint density at radius 1 is 0.949 bits per heavy atom. The standard InChI is InChI=1S/C31H31N3O5/c1-31(22-37-20-23-11-5-2-6-12-23)26(38-21-24-13-7-3-8-14-24)19-28(39-31)34-18-17-27(33-30(34)36)32-29(35)25-15-9-4-10-16-25/h2-18,26,28H,19-22H2,1H3,(H,32,33,35,36)/t26-,28+,31+/m0/s1. The third-order valence-electron chi connectivity index (χ3n) is 6.71. The Balaban J connectivity index is 1.29. The van der Waals surface area contributed by atoms with E-state index in [-0.39, 0.29) is 24.4 Å². The molecule has 200 valence electrons. The molecule has 1 aliphatic heterocycles. The third kappa shape index (κ3) is 6.67. The number of rotatable bonds is 10. The quantitative estimate of drug-likeness (QED) is 0.314. The molecule has 39 heavy (non-hydrogen) atoms. The number of nitrogens with one attached hydrogen (secondary N) is 1. The predicted octanol–water partition coefficient (Wildman–Crippen LogP) is 4.98. The molecule has 1 fully saturated rings. The Morgan fingerprint density at radius 3 is 2.21 bits per heavy atom. The molecule has 1 saturated heterocycles. The van der Waals surface area contributed by atoms with Gasteiger partial charge in [-0.2, -0.15) is 4.98 Å². The second kappa shape index (κ2) is 12.2. The molecule has 1 aliphatic rings. The second-order valence-corrected chi connectivity index (χ2v) is 9.71. The Morgan fingerprint density at radius 2 is 1.56 bits per heavy atom. The van der Waals surface area contributed by atoms with Gasteiger partial charge in [0.2, 0.25) is 0 Å². The predicted molar refractivity (Wildman–Crippen MR) is 147 cm³/mol. The van der Waals surface area contributed by atoms with Crippen LogP contribution in [-0.2, 0) is 27.4 Å². The Kier molecular flexibility index (Phi) is 8.27. The van der Waals surface area contributed by atoms with Crippen molar-refractivity contribution < 1.29 is 19.0 Å². The van der Waals surface area contributed by atoms with Gasteiger partial charge in [0.1, 0.15) is 17.6 Å². The zero-order valence-corrected chi connectivity index (χ0v) is 21.7. The van der Waals surface area contributed by atoms with Crippen LogP contribution in [0.5, 0.6) is 0 Å². The van der Waals surface area contributed by atoms with Crippen LogP contribution in [0.1, 0.15) is 41.1 Å². The average molecular weight is 526 g/mol. The summed E-state index contributed by atoms with van der Waals surface area (Å²) in [6, 6.07) is 30.2. The van der Waals surface area contributed by atoms with Crippen LogP contribution in [0.15, 0.2) is 108 Å². The Hall–Kier alpha value is -4.11. The summed E-state index contributed by atoms with van der Waals surface area (Å²) in [5.41, 5.74) is 1.26. The normalized spacial score (nSPS) is 20.5. The number of carbonyl (C=O) groups is 1. The highest BCUT2D eigenvalue weighted by Crippen LogP contribution is 2.39. The lowest BCUT2D eigenvalue weighted by Crippen LogP contribution is -2.42. The van der Waals surface area contributed by atoms with Gasteiger partial charge in [-0.15, -0.1) is 0 Å². The first-order chi connectivity index (χ1) is 19.0. The van der Waals surface area contributed by atoms with Crippen LogP contribution in [-0.4, -0.2) is 33.8 Å². The van der Waals surface area contributed by atoms with Crippen LogP contribution in [0, 0.1) is 0 Å². The minimum absolute atomic E-state index is 0.175. The molecule has 4 aromatic rings. The van der Waals surface area contributed by atoms with Crippen molar-refractivity contribution in [3.8, 4) is 0 Å². The van der Waals surface area contributed by atoms with Gasteiger partial charge in [-0.05, 0) is 36.2 Å². The highest BCUT2D eigenvalue weighted by Gasteiger charge is 2.47. The molecule has 0 unspecified atom stereocenters. The van der Waals surface area contributed by atoms with Crippen LogP contribution >= 0.6 is 0 Å². The lowest BCUT2D eigenvalue weighted by molar-refractivity contribution is -0.146. The van der Waals surface area contributed by atoms with E-state index in [1.165, 1.54) is 4.57 Å². The van der Waals surface area contributed by atoms with E-state index in [2.05, 4.69) is 10.3 Å². The van der Waals surface area contributed by atoms with E-state index in [0.717, 1.165) is 11.1 Å². The summed E-state index contributed by atoms with van der Waals surface area (Å²) in [5, 5.41) is 2.67. The lowest BCUT2D eigenvalue weighted by Gasteiger charge is -2.30. The summed E-state index contributed by atoms with van der Waals surface area (Å²) >= 11 is 0. The van der Waals surface area contributed by atoms with E-state index in [4.69, 9.17) is 14.2 Å². The maximum absolute atomic E-state index is 13.0. The van der Waals surface area contributed by atoms with E-state index < -0.39 is 17.5 Å². The van der Waals surface area contributed by atoms with Gasteiger partial charge in [-0.3, -0.25) is 9.36 Å². The number of amides is 1. The highest BCUT2D eigenvalue weighted by atomic mass is 16.6. The van der Waals surface area contributed by atoms with Crippen molar-refractivity contribution >= 4 is 11.7 Å². The molecule has 0 radical (unpaired) electrons. The van der Waals surface area contributed by atoms with Gasteiger partial charge in [0.15, 0.2) is 0 Å². The first-order valence-corrected chi connectivity index (χ1v) is 12.9. The van der Waals surface area contributed by atoms with Crippen LogP contribution in [0.3, 0.4) is 0 Å². The summed E-state index contributed by atoms with van der Waals surface area (Å²) in [4.78, 5) is 29.5. The SMILES string of the molecule is C[C@]1(COCc2ccccc2)O[C@@H](n2ccc(NC(=O)c3ccccc3)nc2=O)C[C@@H]1OCc1ccccc1. The maximum atomic E-state index is 13.0. The number of hydrogen-bond acceptors (Lipinski definition) is 6. The van der Waals surface area contributed by atoms with Crippen molar-refractivity contribution in [2.24, 2.45) is 0 Å². The summed E-state index contributed by atoms with van der Waals surface area (Å²) in [5.74, 6) is -0.163. The van der Waals surface area contributed by atoms with Crippen LogP contribution in [0.4, 0.5) is 5.82 Å². The van der Waals surface area contributed by atoms with Crippen LogP contribution < -0.4 is 11.0 Å². The van der Waals surface area contributed by atoms with Crippen molar-refractivity contribution in [3.63, 3.8) is 0 Å². The van der Waals surface area contributed by atoms with Gasteiger partial charge >= 0.3 is 5.69 Å². The first-order valence-electron chi connectivity index (χ1n) is 12.9. The fourth-order valence-electron chi connectivity index (χ4n) is 4.61. The number of hydrogen-bond donors (Lipinski definition) is 1. The van der Waals surface area contributed by atoms with E-state index in [9.17, 15) is 9.59 Å². The molecule has 1 amide bonds. The van der Waals surface area contributed by atoms with Crippen molar-refractivity contribution in [1.82, 2.24) is 9.55 Å². The minimum atomic E-state index is -0.798. The van der Waals surface area contributed by atoms with Gasteiger partial charge in [-0.1, -0.05) is 78.9 Å². The van der Waals surface area contributed by atoms with Gasteiger partial charge in [0.05, 0.1) is 25.9 Å². The van der Waals surface area contributed by atoms with Crippen LogP contribution in [0.2, 0.25) is 0 Å². The zero-order chi connectivity index (χ0) is 27.1. The van der Waals surface area contributed by atoms with Gasteiger partial charge in [0, 0.05) is 18.2 Å². The molecular weight excluding hydrogens is 494 g/mol. The second-order valence-electron chi connectivity index (χ2n) is 9.71. The molecule has 1 aromatic heterocycles. The molecule has 3 atom stereocenters. The average Bonchev–Trinajstić information content (AvgIpc) is 3.29. The number of aromatic nitrogens is 2. The maximum Gasteiger partial charge on any atom is 0.351 e. The van der Waals surface area contributed by atoms with Crippen molar-refractivity contribution in [3.05, 3.63) is 130 Å². The number of nitrogens with zero attached hydrogens (tertiary/aromatic N) is 2. The van der Waals surface area contributed by atoms with E-state index >= 15 is 0 Å². The Bertz CT molecular complexity index is 1430. The molecule has 8 nitrogen and oxygen atoms in total. The summed E-state index contributed by atoms with van der Waals surface area (Å²) < 4.78 is 20.2. The van der Waals surface area contributed by atoms with Gasteiger partial charge in [0.25, 0.3) is 5.91 Å². The number of ether oxygens (including phenoxy) is 3. The van der Waals surface area contributed by atoms with Crippen LogP contribution in [0.25, 0.3) is 0 Å². The Labute approximate surface area is 227 Å². The van der Waals surface area contributed by atoms with Gasteiger partial charge < -0.3 is 19.5 Å². The molecule has 1 N–H and O–H groups in total. The van der Waals surface area contributed by atoms with Crippen molar-refractivity contribution in [2.75, 3.05) is 11.9 Å². The highest BCUT2D eigenvalue weighted by molar-refractivity contribution is 6.03. The lowest BCUT2D eigenvalue weighted by atomic mass is 10.00. The fraction of sp³-hybridized carbons (Fsp3) is 0.258. The third-order valence-corrected chi connectivity index (χ3v) is 6.71.